The zero-order valence-electron chi connectivity index (χ0n) is 17.2. The molecule has 0 aliphatic heterocycles. The van der Waals surface area contributed by atoms with Gasteiger partial charge >= 0.3 is 12.1 Å². The Morgan fingerprint density at radius 1 is 1.15 bits per heavy atom. The van der Waals surface area contributed by atoms with Crippen LogP contribution in [0, 0.1) is 5.92 Å². The minimum atomic E-state index is -0.970. The molecule has 1 aromatic carbocycles. The van der Waals surface area contributed by atoms with E-state index in [0.717, 1.165) is 11.1 Å². The Morgan fingerprint density at radius 2 is 1.78 bits per heavy atom. The van der Waals surface area contributed by atoms with Gasteiger partial charge < -0.3 is 14.6 Å². The molecule has 1 atom stereocenters. The van der Waals surface area contributed by atoms with E-state index in [4.69, 9.17) is 9.47 Å². The Bertz CT molecular complexity index is 705. The van der Waals surface area contributed by atoms with Crippen LogP contribution in [0.15, 0.2) is 18.2 Å². The molecule has 0 radical (unpaired) electrons. The second-order valence-electron chi connectivity index (χ2n) is 8.68. The first-order chi connectivity index (χ1) is 12.5. The minimum Gasteiger partial charge on any atom is -0.491 e. The number of nitrogens with zero attached hydrogens (tertiary/aromatic N) is 1. The molecule has 0 saturated heterocycles. The lowest BCUT2D eigenvalue weighted by molar-refractivity contribution is -0.147. The smallest absolute Gasteiger partial charge is 0.408 e. The van der Waals surface area contributed by atoms with Crippen LogP contribution in [0.1, 0.15) is 52.7 Å². The average Bonchev–Trinajstić information content (AvgIpc) is 2.94. The summed E-state index contributed by atoms with van der Waals surface area (Å²) in [6, 6.07) is 5.81. The Hall–Kier alpha value is -2.24. The molecule has 1 aliphatic carbocycles. The van der Waals surface area contributed by atoms with Crippen molar-refractivity contribution in [1.82, 2.24) is 4.90 Å². The summed E-state index contributed by atoms with van der Waals surface area (Å²) in [5, 5.41) is 9.62. The van der Waals surface area contributed by atoms with Gasteiger partial charge in [-0.3, -0.25) is 9.69 Å². The molecule has 1 N–H and O–H groups in total. The van der Waals surface area contributed by atoms with Crippen LogP contribution < -0.4 is 4.74 Å². The highest BCUT2D eigenvalue weighted by Crippen LogP contribution is 2.32. The number of carboxylic acid groups (broad SMARTS) is 1. The summed E-state index contributed by atoms with van der Waals surface area (Å²) in [4.78, 5) is 25.1. The maximum absolute atomic E-state index is 12.0. The van der Waals surface area contributed by atoms with E-state index in [-0.39, 0.29) is 18.5 Å². The normalized spacial score (nSPS) is 16.6. The quantitative estimate of drug-likeness (QED) is 0.761. The van der Waals surface area contributed by atoms with E-state index < -0.39 is 17.2 Å². The van der Waals surface area contributed by atoms with Crippen molar-refractivity contribution >= 4 is 12.1 Å². The number of hydrogen-bond acceptors (Lipinski definition) is 4. The van der Waals surface area contributed by atoms with E-state index in [0.29, 0.717) is 25.2 Å². The number of amides is 1. The summed E-state index contributed by atoms with van der Waals surface area (Å²) in [6.45, 7) is 11.8. The number of carbonyl (C=O) groups is 2. The summed E-state index contributed by atoms with van der Waals surface area (Å²) < 4.78 is 11.1. The average molecular weight is 377 g/mol. The van der Waals surface area contributed by atoms with Gasteiger partial charge in [-0.05, 0) is 77.6 Å². The van der Waals surface area contributed by atoms with Crippen LogP contribution in [0.4, 0.5) is 4.79 Å². The second-order valence-corrected chi connectivity index (χ2v) is 8.68. The van der Waals surface area contributed by atoms with Gasteiger partial charge in [0.2, 0.25) is 0 Å². The van der Waals surface area contributed by atoms with Crippen LogP contribution in [-0.2, 0) is 22.4 Å². The van der Waals surface area contributed by atoms with Crippen LogP contribution in [0.3, 0.4) is 0 Å². The molecule has 1 unspecified atom stereocenters. The molecule has 0 bridgehead atoms. The number of hydrogen-bond donors (Lipinski definition) is 1. The predicted molar refractivity (Wildman–Crippen MR) is 103 cm³/mol. The van der Waals surface area contributed by atoms with E-state index in [1.807, 2.05) is 59.7 Å². The fourth-order valence-electron chi connectivity index (χ4n) is 3.89. The first kappa shape index (κ1) is 21.1. The molecule has 1 aliphatic rings. The monoisotopic (exact) mass is 377 g/mol. The van der Waals surface area contributed by atoms with Gasteiger partial charge in [-0.25, -0.2) is 4.79 Å². The molecule has 27 heavy (non-hydrogen) atoms. The van der Waals surface area contributed by atoms with Gasteiger partial charge in [-0.15, -0.1) is 0 Å². The fraction of sp³-hybridized carbons (Fsp3) is 0.619. The summed E-state index contributed by atoms with van der Waals surface area (Å²) in [5.41, 5.74) is 0.996. The van der Waals surface area contributed by atoms with Gasteiger partial charge in [0.25, 0.3) is 0 Å². The number of rotatable bonds is 6. The highest BCUT2D eigenvalue weighted by atomic mass is 16.5. The maximum Gasteiger partial charge on any atom is 0.408 e. The topological polar surface area (TPSA) is 76.1 Å². The molecule has 150 valence electrons. The highest BCUT2D eigenvalue weighted by Gasteiger charge is 2.39. The first-order valence-electron chi connectivity index (χ1n) is 9.40. The Balaban J connectivity index is 2.07. The van der Waals surface area contributed by atoms with Crippen molar-refractivity contribution in [2.75, 3.05) is 13.2 Å². The number of benzene rings is 1. The van der Waals surface area contributed by atoms with Gasteiger partial charge in [0.1, 0.15) is 12.4 Å². The van der Waals surface area contributed by atoms with Crippen LogP contribution in [0.25, 0.3) is 0 Å². The number of fused-ring (bicyclic) bond motifs is 1. The summed E-state index contributed by atoms with van der Waals surface area (Å²) >= 11 is 0. The van der Waals surface area contributed by atoms with Gasteiger partial charge in [0.15, 0.2) is 0 Å². The molecule has 0 saturated carbocycles. The van der Waals surface area contributed by atoms with Crippen LogP contribution >= 0.6 is 0 Å². The fourth-order valence-corrected chi connectivity index (χ4v) is 3.89. The molecule has 0 spiro atoms. The molecule has 0 fully saturated rings. The minimum absolute atomic E-state index is 0.130. The number of ether oxygens (including phenoxy) is 2. The van der Waals surface area contributed by atoms with E-state index in [1.54, 1.807) is 0 Å². The van der Waals surface area contributed by atoms with E-state index >= 15 is 0 Å². The Kier molecular flexibility index (Phi) is 6.07. The SMILES string of the molecule is CCOC(=O)C1Cc2ccc(OCC(C)(C)N(C(=O)O)C(C)(C)C)cc2C1. The zero-order chi connectivity index (χ0) is 20.4. The molecule has 0 heterocycles. The number of esters is 1. The second kappa shape index (κ2) is 7.79. The standard InChI is InChI=1S/C21H31NO5/c1-7-26-18(23)16-10-14-8-9-17(12-15(14)11-16)27-13-21(5,6)22(19(24)25)20(2,3)4/h8-9,12,16H,7,10-11,13H2,1-6H3,(H,24,25). The lowest BCUT2D eigenvalue weighted by Crippen LogP contribution is -2.59. The number of carbonyl (C=O) groups excluding carboxylic acids is 1. The first-order valence-corrected chi connectivity index (χ1v) is 9.40. The molecule has 6 heteroatoms. The van der Waals surface area contributed by atoms with Crippen molar-refractivity contribution < 1.29 is 24.2 Å². The van der Waals surface area contributed by atoms with Gasteiger partial charge in [-0.2, -0.15) is 0 Å². The molecule has 2 rings (SSSR count). The van der Waals surface area contributed by atoms with E-state index in [9.17, 15) is 14.7 Å². The predicted octanol–water partition coefficient (Wildman–Crippen LogP) is 3.90. The van der Waals surface area contributed by atoms with Crippen molar-refractivity contribution in [1.29, 1.82) is 0 Å². The zero-order valence-corrected chi connectivity index (χ0v) is 17.2. The van der Waals surface area contributed by atoms with E-state index in [2.05, 4.69) is 0 Å². The van der Waals surface area contributed by atoms with Gasteiger partial charge in [0.05, 0.1) is 18.1 Å². The molecule has 1 aromatic rings. The lowest BCUT2D eigenvalue weighted by Gasteiger charge is -2.44. The molecular formula is C21H31NO5. The summed E-state index contributed by atoms with van der Waals surface area (Å²) in [7, 11) is 0. The molecule has 1 amide bonds. The van der Waals surface area contributed by atoms with Crippen molar-refractivity contribution in [2.24, 2.45) is 5.92 Å². The third kappa shape index (κ3) is 4.93. The summed E-state index contributed by atoms with van der Waals surface area (Å²) in [6.07, 6.45) is 0.372. The Morgan fingerprint density at radius 3 is 2.33 bits per heavy atom. The largest absolute Gasteiger partial charge is 0.491 e. The maximum atomic E-state index is 12.0. The van der Waals surface area contributed by atoms with Crippen LogP contribution in [-0.4, -0.2) is 46.4 Å². The van der Waals surface area contributed by atoms with Crippen molar-refractivity contribution in [2.45, 2.75) is 65.5 Å². The van der Waals surface area contributed by atoms with Crippen LogP contribution in [0.5, 0.6) is 5.75 Å². The van der Waals surface area contributed by atoms with E-state index in [1.165, 1.54) is 4.90 Å². The van der Waals surface area contributed by atoms with Crippen molar-refractivity contribution in [3.63, 3.8) is 0 Å². The van der Waals surface area contributed by atoms with Gasteiger partial charge in [0, 0.05) is 5.54 Å². The van der Waals surface area contributed by atoms with Gasteiger partial charge in [-0.1, -0.05) is 6.07 Å². The van der Waals surface area contributed by atoms with Crippen LogP contribution in [0.2, 0.25) is 0 Å². The third-order valence-electron chi connectivity index (χ3n) is 4.79. The highest BCUT2D eigenvalue weighted by molar-refractivity contribution is 5.74. The van der Waals surface area contributed by atoms with Crippen molar-refractivity contribution in [3.05, 3.63) is 29.3 Å². The molecule has 0 aromatic heterocycles. The summed E-state index contributed by atoms with van der Waals surface area (Å²) in [5.74, 6) is 0.403. The third-order valence-corrected chi connectivity index (χ3v) is 4.79. The lowest BCUT2D eigenvalue weighted by atomic mass is 9.96. The van der Waals surface area contributed by atoms with Crippen molar-refractivity contribution in [3.8, 4) is 5.75 Å². The molecule has 6 nitrogen and oxygen atoms in total. The molecular weight excluding hydrogens is 346 g/mol. The Labute approximate surface area is 161 Å².